The second-order valence-corrected chi connectivity index (χ2v) is 5.25. The molecule has 0 fully saturated rings. The van der Waals surface area contributed by atoms with Gasteiger partial charge in [0.25, 0.3) is 5.91 Å². The van der Waals surface area contributed by atoms with Gasteiger partial charge in [-0.15, -0.1) is 0 Å². The largest absolute Gasteiger partial charge is 0.466 e. The van der Waals surface area contributed by atoms with E-state index in [1.165, 1.54) is 6.26 Å². The first kappa shape index (κ1) is 14.3. The predicted octanol–water partition coefficient (Wildman–Crippen LogP) is 2.53. The molecule has 2 rings (SSSR count). The van der Waals surface area contributed by atoms with E-state index in [1.807, 2.05) is 32.0 Å². The maximum atomic E-state index is 12.2. The first-order valence-corrected chi connectivity index (χ1v) is 6.52. The van der Waals surface area contributed by atoms with Crippen molar-refractivity contribution in [3.63, 3.8) is 0 Å². The predicted molar refractivity (Wildman–Crippen MR) is 76.5 cm³/mol. The molecule has 1 heterocycles. The summed E-state index contributed by atoms with van der Waals surface area (Å²) in [5.74, 6) is 0.233. The Hall–Kier alpha value is -2.07. The van der Waals surface area contributed by atoms with E-state index in [1.54, 1.807) is 19.1 Å². The van der Waals surface area contributed by atoms with E-state index in [0.29, 0.717) is 11.3 Å². The Morgan fingerprint density at radius 3 is 2.75 bits per heavy atom. The van der Waals surface area contributed by atoms with Gasteiger partial charge in [-0.3, -0.25) is 4.79 Å². The smallest absolute Gasteiger partial charge is 0.251 e. The Bertz CT molecular complexity index is 600. The van der Waals surface area contributed by atoms with Gasteiger partial charge >= 0.3 is 0 Å². The van der Waals surface area contributed by atoms with Crippen molar-refractivity contribution in [2.75, 3.05) is 6.54 Å². The topological polar surface area (TPSA) is 62.5 Å². The summed E-state index contributed by atoms with van der Waals surface area (Å²) in [5.41, 5.74) is 1.33. The van der Waals surface area contributed by atoms with Gasteiger partial charge in [0.1, 0.15) is 11.4 Å². The minimum Gasteiger partial charge on any atom is -0.466 e. The summed E-state index contributed by atoms with van der Waals surface area (Å²) >= 11 is 0. The highest BCUT2D eigenvalue weighted by Crippen LogP contribution is 2.20. The molecular weight excluding hydrogens is 254 g/mol. The summed E-state index contributed by atoms with van der Waals surface area (Å²) < 4.78 is 5.18. The van der Waals surface area contributed by atoms with Crippen LogP contribution >= 0.6 is 0 Å². The minimum atomic E-state index is -1.23. The highest BCUT2D eigenvalue weighted by Gasteiger charge is 2.27. The van der Waals surface area contributed by atoms with E-state index < -0.39 is 5.60 Å². The minimum absolute atomic E-state index is 0.0900. The number of hydrogen-bond donors (Lipinski definition) is 2. The van der Waals surface area contributed by atoms with Crippen molar-refractivity contribution in [1.82, 2.24) is 5.32 Å². The molecule has 4 nitrogen and oxygen atoms in total. The van der Waals surface area contributed by atoms with Crippen LogP contribution in [-0.4, -0.2) is 17.6 Å². The quantitative estimate of drug-likeness (QED) is 0.899. The molecule has 0 aliphatic heterocycles. The molecule has 0 aliphatic rings. The number of carbonyl (C=O) groups is 1. The Labute approximate surface area is 118 Å². The van der Waals surface area contributed by atoms with Gasteiger partial charge in [0.2, 0.25) is 0 Å². The zero-order valence-electron chi connectivity index (χ0n) is 11.9. The van der Waals surface area contributed by atoms with Crippen molar-refractivity contribution in [3.8, 4) is 0 Å². The van der Waals surface area contributed by atoms with Crippen LogP contribution in [0.2, 0.25) is 0 Å². The first-order valence-electron chi connectivity index (χ1n) is 6.52. The first-order chi connectivity index (χ1) is 9.40. The van der Waals surface area contributed by atoms with Crippen LogP contribution in [0.3, 0.4) is 0 Å². The van der Waals surface area contributed by atoms with Gasteiger partial charge in [0, 0.05) is 5.56 Å². The van der Waals surface area contributed by atoms with Gasteiger partial charge in [-0.1, -0.05) is 17.7 Å². The van der Waals surface area contributed by atoms with Crippen LogP contribution in [0.1, 0.15) is 34.2 Å². The van der Waals surface area contributed by atoms with Gasteiger partial charge in [-0.2, -0.15) is 0 Å². The van der Waals surface area contributed by atoms with E-state index in [9.17, 15) is 9.90 Å². The van der Waals surface area contributed by atoms with Gasteiger partial charge < -0.3 is 14.8 Å². The highest BCUT2D eigenvalue weighted by molar-refractivity contribution is 5.95. The van der Waals surface area contributed by atoms with Crippen LogP contribution in [0.25, 0.3) is 0 Å². The number of carbonyl (C=O) groups excluding carboxylic acids is 1. The van der Waals surface area contributed by atoms with E-state index in [4.69, 9.17) is 4.42 Å². The number of nitrogens with one attached hydrogen (secondary N) is 1. The number of benzene rings is 1. The Balaban J connectivity index is 2.07. The monoisotopic (exact) mass is 273 g/mol. The van der Waals surface area contributed by atoms with Crippen molar-refractivity contribution < 1.29 is 14.3 Å². The maximum absolute atomic E-state index is 12.2. The summed E-state index contributed by atoms with van der Waals surface area (Å²) in [7, 11) is 0. The number of rotatable bonds is 4. The van der Waals surface area contributed by atoms with Crippen LogP contribution in [0.15, 0.2) is 41.0 Å². The van der Waals surface area contributed by atoms with Gasteiger partial charge in [0.05, 0.1) is 12.8 Å². The summed E-state index contributed by atoms with van der Waals surface area (Å²) in [5, 5.41) is 13.0. The van der Waals surface area contributed by atoms with E-state index in [2.05, 4.69) is 5.32 Å². The molecule has 4 heteroatoms. The molecule has 1 amide bonds. The molecule has 0 saturated carbocycles. The Morgan fingerprint density at radius 1 is 1.35 bits per heavy atom. The molecule has 20 heavy (non-hydrogen) atoms. The van der Waals surface area contributed by atoms with Gasteiger partial charge in [0.15, 0.2) is 0 Å². The van der Waals surface area contributed by atoms with E-state index in [-0.39, 0.29) is 12.5 Å². The lowest BCUT2D eigenvalue weighted by Gasteiger charge is -2.21. The molecular formula is C16H19NO3. The van der Waals surface area contributed by atoms with Crippen molar-refractivity contribution in [2.45, 2.75) is 26.4 Å². The molecule has 0 unspecified atom stereocenters. The number of aryl methyl sites for hydroxylation is 2. The second kappa shape index (κ2) is 5.51. The third-order valence-electron chi connectivity index (χ3n) is 3.28. The van der Waals surface area contributed by atoms with Crippen LogP contribution in [-0.2, 0) is 5.60 Å². The number of furan rings is 1. The third kappa shape index (κ3) is 3.08. The molecule has 1 aromatic heterocycles. The lowest BCUT2D eigenvalue weighted by Crippen LogP contribution is -2.38. The van der Waals surface area contributed by atoms with Gasteiger partial charge in [-0.05, 0) is 44.5 Å². The van der Waals surface area contributed by atoms with Crippen LogP contribution in [0.4, 0.5) is 0 Å². The van der Waals surface area contributed by atoms with E-state index in [0.717, 1.165) is 11.1 Å². The fourth-order valence-corrected chi connectivity index (χ4v) is 2.00. The lowest BCUT2D eigenvalue weighted by molar-refractivity contribution is 0.0330. The third-order valence-corrected chi connectivity index (χ3v) is 3.28. The van der Waals surface area contributed by atoms with Crippen molar-refractivity contribution in [3.05, 3.63) is 59.0 Å². The molecule has 1 aromatic carbocycles. The summed E-state index contributed by atoms with van der Waals surface area (Å²) in [4.78, 5) is 12.2. The second-order valence-electron chi connectivity index (χ2n) is 5.25. The lowest BCUT2D eigenvalue weighted by atomic mass is 10.0. The fourth-order valence-electron chi connectivity index (χ4n) is 2.00. The average Bonchev–Trinajstić information content (AvgIpc) is 2.93. The molecule has 2 aromatic rings. The van der Waals surface area contributed by atoms with E-state index >= 15 is 0 Å². The van der Waals surface area contributed by atoms with Crippen molar-refractivity contribution >= 4 is 5.91 Å². The maximum Gasteiger partial charge on any atom is 0.251 e. The van der Waals surface area contributed by atoms with Crippen molar-refractivity contribution in [2.24, 2.45) is 0 Å². The molecule has 0 spiro atoms. The average molecular weight is 273 g/mol. The highest BCUT2D eigenvalue weighted by atomic mass is 16.4. The van der Waals surface area contributed by atoms with Crippen molar-refractivity contribution in [1.29, 1.82) is 0 Å². The number of aliphatic hydroxyl groups is 1. The molecule has 1 atom stereocenters. The van der Waals surface area contributed by atoms with Crippen LogP contribution < -0.4 is 5.32 Å². The normalized spacial score (nSPS) is 13.8. The number of amides is 1. The summed E-state index contributed by atoms with van der Waals surface area (Å²) in [6.45, 7) is 5.52. The molecule has 106 valence electrons. The molecule has 0 bridgehead atoms. The Morgan fingerprint density at radius 2 is 2.10 bits per heavy atom. The zero-order chi connectivity index (χ0) is 14.8. The summed E-state index contributed by atoms with van der Waals surface area (Å²) in [6.07, 6.45) is 1.50. The Kier molecular flexibility index (Phi) is 3.95. The summed E-state index contributed by atoms with van der Waals surface area (Å²) in [6, 6.07) is 9.10. The van der Waals surface area contributed by atoms with Crippen LogP contribution in [0, 0.1) is 13.8 Å². The number of hydrogen-bond acceptors (Lipinski definition) is 3. The van der Waals surface area contributed by atoms with Gasteiger partial charge in [-0.25, -0.2) is 0 Å². The standard InChI is InChI=1S/C16H19NO3/c1-11-6-7-12(2)13(9-11)15(18)17-10-16(3,19)14-5-4-8-20-14/h4-9,19H,10H2,1-3H3,(H,17,18)/t16-/m0/s1. The van der Waals surface area contributed by atoms with Crippen LogP contribution in [0.5, 0.6) is 0 Å². The zero-order valence-corrected chi connectivity index (χ0v) is 11.9. The SMILES string of the molecule is Cc1ccc(C)c(C(=O)NC[C@](C)(O)c2ccco2)c1. The fraction of sp³-hybridized carbons (Fsp3) is 0.312. The molecule has 2 N–H and O–H groups in total. The molecule has 0 aliphatic carbocycles. The molecule has 0 saturated heterocycles. The molecule has 0 radical (unpaired) electrons.